The first kappa shape index (κ1) is 16.4. The van der Waals surface area contributed by atoms with Gasteiger partial charge in [0.25, 0.3) is 5.69 Å². The molecule has 0 heterocycles. The van der Waals surface area contributed by atoms with Gasteiger partial charge in [0.1, 0.15) is 5.75 Å². The Morgan fingerprint density at radius 2 is 1.52 bits per heavy atom. The van der Waals surface area contributed by atoms with Crippen LogP contribution in [-0.2, 0) is 0 Å². The Kier molecular flexibility index (Phi) is 6.62. The second-order valence-electron chi connectivity index (χ2n) is 3.65. The van der Waals surface area contributed by atoms with E-state index in [4.69, 9.17) is 16.3 Å². The largest absolute Gasteiger partial charge is 0.432 e. The predicted molar refractivity (Wildman–Crippen MR) is 77.0 cm³/mol. The van der Waals surface area contributed by atoms with Crippen LogP contribution in [0.15, 0.2) is 54.6 Å². The van der Waals surface area contributed by atoms with E-state index < -0.39 is 16.6 Å². The number of para-hydroxylation sites is 1. The molecule has 0 atom stereocenters. The highest BCUT2D eigenvalue weighted by atomic mass is 35.5. The zero-order valence-electron chi connectivity index (χ0n) is 10.7. The molecule has 7 nitrogen and oxygen atoms in total. The Balaban J connectivity index is 0.000000211. The van der Waals surface area contributed by atoms with Gasteiger partial charge in [-0.1, -0.05) is 29.8 Å². The summed E-state index contributed by atoms with van der Waals surface area (Å²) < 4.78 is 4.77. The van der Waals surface area contributed by atoms with E-state index in [-0.39, 0.29) is 5.69 Å². The highest BCUT2D eigenvalue weighted by Gasteiger charge is 2.01. The Hall–Kier alpha value is -2.67. The Morgan fingerprint density at radius 3 is 2.00 bits per heavy atom. The summed E-state index contributed by atoms with van der Waals surface area (Å²) in [5.41, 5.74) is 0.0596. The van der Waals surface area contributed by atoms with Crippen LogP contribution in [0.25, 0.3) is 0 Å². The molecule has 110 valence electrons. The van der Waals surface area contributed by atoms with Gasteiger partial charge in [-0.25, -0.2) is 0 Å². The van der Waals surface area contributed by atoms with Crippen LogP contribution in [0.1, 0.15) is 0 Å². The molecular formula is C13H11ClN2O5. The number of nitro benzene ring substituents is 1. The average molecular weight is 311 g/mol. The fourth-order valence-electron chi connectivity index (χ4n) is 1.21. The van der Waals surface area contributed by atoms with E-state index in [2.05, 4.69) is 0 Å². The molecule has 0 N–H and O–H groups in total. The maximum absolute atomic E-state index is 10.1. The summed E-state index contributed by atoms with van der Waals surface area (Å²) in [6.45, 7) is -0.482. The van der Waals surface area contributed by atoms with Crippen LogP contribution < -0.4 is 4.74 Å². The summed E-state index contributed by atoms with van der Waals surface area (Å²) in [4.78, 5) is 18.9. The van der Waals surface area contributed by atoms with Crippen LogP contribution >= 0.6 is 11.6 Å². The molecule has 0 amide bonds. The average Bonchev–Trinajstić information content (AvgIpc) is 2.47. The minimum Gasteiger partial charge on any atom is -0.432 e. The fraction of sp³-hybridized carbons (Fsp3) is 0.0769. The minimum atomic E-state index is -0.521. The normalized spacial score (nSPS) is 9.19. The smallest absolute Gasteiger partial charge is 0.344 e. The Morgan fingerprint density at radius 1 is 0.952 bits per heavy atom. The second-order valence-corrected chi connectivity index (χ2v) is 4.09. The molecule has 0 spiro atoms. The molecule has 0 unspecified atom stereocenters. The zero-order valence-corrected chi connectivity index (χ0v) is 11.5. The topological polar surface area (TPSA) is 95.5 Å². The number of halogens is 1. The third-order valence-corrected chi connectivity index (χ3v) is 2.37. The fourth-order valence-corrected chi connectivity index (χ4v) is 1.33. The standard InChI is InChI=1S/C7H7NO3.C6H4ClNO2/c9-8(10)6-11-7-4-2-1-3-5-7;7-5-1-3-6(4-2-5)8(9)10/h1-5H,6H2;1-4H. The van der Waals surface area contributed by atoms with Crippen molar-refractivity contribution in [2.45, 2.75) is 0 Å². The molecule has 0 bridgehead atoms. The van der Waals surface area contributed by atoms with Gasteiger partial charge in [0.2, 0.25) is 0 Å². The lowest BCUT2D eigenvalue weighted by Crippen LogP contribution is -2.07. The molecule has 2 rings (SSSR count). The van der Waals surface area contributed by atoms with E-state index in [1.54, 1.807) is 24.3 Å². The van der Waals surface area contributed by atoms with Crippen molar-refractivity contribution in [1.29, 1.82) is 0 Å². The monoisotopic (exact) mass is 310 g/mol. The summed E-state index contributed by atoms with van der Waals surface area (Å²) in [6, 6.07) is 14.4. The molecule has 0 radical (unpaired) electrons. The van der Waals surface area contributed by atoms with E-state index in [1.807, 2.05) is 6.07 Å². The molecule has 0 aliphatic rings. The first-order valence-corrected chi connectivity index (χ1v) is 6.06. The number of rotatable bonds is 4. The van der Waals surface area contributed by atoms with Crippen molar-refractivity contribution in [3.63, 3.8) is 0 Å². The van der Waals surface area contributed by atoms with Gasteiger partial charge in [0.05, 0.1) is 9.85 Å². The van der Waals surface area contributed by atoms with Gasteiger partial charge < -0.3 is 4.74 Å². The van der Waals surface area contributed by atoms with E-state index in [9.17, 15) is 20.2 Å². The molecule has 2 aromatic carbocycles. The number of nitro groups is 2. The van der Waals surface area contributed by atoms with E-state index in [0.29, 0.717) is 10.8 Å². The third kappa shape index (κ3) is 6.88. The molecule has 0 saturated heterocycles. The second kappa shape index (κ2) is 8.49. The summed E-state index contributed by atoms with van der Waals surface area (Å²) in [5.74, 6) is 0.518. The van der Waals surface area contributed by atoms with Crippen LogP contribution in [0.2, 0.25) is 5.02 Å². The number of non-ortho nitro benzene ring substituents is 1. The maximum atomic E-state index is 10.1. The highest BCUT2D eigenvalue weighted by molar-refractivity contribution is 6.30. The molecule has 0 saturated carbocycles. The van der Waals surface area contributed by atoms with Crippen LogP contribution in [0.3, 0.4) is 0 Å². The summed E-state index contributed by atoms with van der Waals surface area (Å²) >= 11 is 5.49. The van der Waals surface area contributed by atoms with Crippen LogP contribution in [-0.4, -0.2) is 16.6 Å². The first-order chi connectivity index (χ1) is 9.99. The molecule has 0 aliphatic heterocycles. The number of hydrogen-bond acceptors (Lipinski definition) is 5. The molecule has 21 heavy (non-hydrogen) atoms. The van der Waals surface area contributed by atoms with Gasteiger partial charge in [-0.3, -0.25) is 20.2 Å². The SMILES string of the molecule is O=[N+]([O-])COc1ccccc1.O=[N+]([O-])c1ccc(Cl)cc1. The van der Waals surface area contributed by atoms with Crippen LogP contribution in [0, 0.1) is 20.2 Å². The van der Waals surface area contributed by atoms with Gasteiger partial charge in [-0.2, -0.15) is 0 Å². The quantitative estimate of drug-likeness (QED) is 0.489. The van der Waals surface area contributed by atoms with Crippen molar-refractivity contribution in [3.8, 4) is 5.75 Å². The van der Waals surface area contributed by atoms with Crippen molar-refractivity contribution in [2.75, 3.05) is 6.73 Å². The molecular weight excluding hydrogens is 300 g/mol. The lowest BCUT2D eigenvalue weighted by atomic mass is 10.3. The summed E-state index contributed by atoms with van der Waals surface area (Å²) in [7, 11) is 0. The van der Waals surface area contributed by atoms with Crippen LogP contribution in [0.5, 0.6) is 5.75 Å². The van der Waals surface area contributed by atoms with Gasteiger partial charge in [0, 0.05) is 17.2 Å². The number of ether oxygens (including phenoxy) is 1. The molecule has 0 aliphatic carbocycles. The summed E-state index contributed by atoms with van der Waals surface area (Å²) in [6.07, 6.45) is 0. The number of hydrogen-bond donors (Lipinski definition) is 0. The number of nitrogens with zero attached hydrogens (tertiary/aromatic N) is 2. The first-order valence-electron chi connectivity index (χ1n) is 5.68. The lowest BCUT2D eigenvalue weighted by molar-refractivity contribution is -0.514. The predicted octanol–water partition coefficient (Wildman–Crippen LogP) is 3.55. The number of benzene rings is 2. The van der Waals surface area contributed by atoms with E-state index in [1.165, 1.54) is 24.3 Å². The third-order valence-electron chi connectivity index (χ3n) is 2.12. The van der Waals surface area contributed by atoms with Crippen molar-refractivity contribution in [2.24, 2.45) is 0 Å². The van der Waals surface area contributed by atoms with E-state index >= 15 is 0 Å². The zero-order chi connectivity index (χ0) is 15.7. The van der Waals surface area contributed by atoms with Crippen molar-refractivity contribution < 1.29 is 14.6 Å². The van der Waals surface area contributed by atoms with Gasteiger partial charge >= 0.3 is 6.73 Å². The molecule has 2 aromatic rings. The van der Waals surface area contributed by atoms with Gasteiger partial charge in [-0.15, -0.1) is 0 Å². The van der Waals surface area contributed by atoms with Gasteiger partial charge in [0.15, 0.2) is 0 Å². The molecule has 0 aromatic heterocycles. The van der Waals surface area contributed by atoms with Crippen LogP contribution in [0.4, 0.5) is 5.69 Å². The highest BCUT2D eigenvalue weighted by Crippen LogP contribution is 2.14. The Labute approximate surface area is 125 Å². The lowest BCUT2D eigenvalue weighted by Gasteiger charge is -1.98. The van der Waals surface area contributed by atoms with Crippen molar-refractivity contribution in [3.05, 3.63) is 79.8 Å². The summed E-state index contributed by atoms with van der Waals surface area (Å²) in [5, 5.41) is 20.4. The van der Waals surface area contributed by atoms with Crippen molar-refractivity contribution in [1.82, 2.24) is 0 Å². The Bertz CT molecular complexity index is 589. The molecule has 0 fully saturated rings. The molecule has 8 heteroatoms. The minimum absolute atomic E-state index is 0.0596. The van der Waals surface area contributed by atoms with E-state index in [0.717, 1.165) is 0 Å². The maximum Gasteiger partial charge on any atom is 0.344 e. The van der Waals surface area contributed by atoms with Gasteiger partial charge in [-0.05, 0) is 24.3 Å². The van der Waals surface area contributed by atoms with Crippen molar-refractivity contribution >= 4 is 17.3 Å².